The first-order valence-corrected chi connectivity index (χ1v) is 8.21. The second-order valence-corrected chi connectivity index (χ2v) is 6.63. The van der Waals surface area contributed by atoms with Crippen LogP contribution in [0.15, 0.2) is 8.94 Å². The highest BCUT2D eigenvalue weighted by Gasteiger charge is 2.31. The maximum absolute atomic E-state index is 5.75. The molecule has 2 aromatic heterocycles. The van der Waals surface area contributed by atoms with E-state index in [1.54, 1.807) is 0 Å². The fourth-order valence-electron chi connectivity index (χ4n) is 3.09. The lowest BCUT2D eigenvalue weighted by Crippen LogP contribution is -2.34. The number of likely N-dealkylation sites (N-methyl/N-ethyl adjacent to an activating group) is 1. The summed E-state index contributed by atoms with van der Waals surface area (Å²) in [4.78, 5) is 8.92. The van der Waals surface area contributed by atoms with Crippen molar-refractivity contribution in [3.05, 3.63) is 23.5 Å². The summed E-state index contributed by atoms with van der Waals surface area (Å²) in [5.74, 6) is 3.44. The Balaban J connectivity index is 1.29. The molecule has 2 aromatic rings. The van der Waals surface area contributed by atoms with Gasteiger partial charge in [0.2, 0.25) is 17.7 Å². The highest BCUT2D eigenvalue weighted by Crippen LogP contribution is 2.39. The van der Waals surface area contributed by atoms with Gasteiger partial charge in [0, 0.05) is 32.0 Å². The summed E-state index contributed by atoms with van der Waals surface area (Å²) in [6.45, 7) is 5.30. The SMILES string of the molecule is Cc1nc(CN(C)[C@H]2CCN(Cc3nnc(C4CC4)o3)C2)no1. The van der Waals surface area contributed by atoms with E-state index in [1.807, 2.05) is 6.92 Å². The van der Waals surface area contributed by atoms with E-state index in [0.29, 0.717) is 24.4 Å². The molecule has 1 atom stereocenters. The Labute approximate surface area is 134 Å². The smallest absolute Gasteiger partial charge is 0.230 e. The number of rotatable bonds is 6. The molecule has 2 fully saturated rings. The van der Waals surface area contributed by atoms with Gasteiger partial charge in [0.15, 0.2) is 5.82 Å². The molecular weight excluding hydrogens is 296 g/mol. The van der Waals surface area contributed by atoms with E-state index in [-0.39, 0.29) is 0 Å². The van der Waals surface area contributed by atoms with Crippen LogP contribution < -0.4 is 0 Å². The topological polar surface area (TPSA) is 84.3 Å². The van der Waals surface area contributed by atoms with Gasteiger partial charge in [-0.15, -0.1) is 10.2 Å². The molecule has 23 heavy (non-hydrogen) atoms. The zero-order chi connectivity index (χ0) is 15.8. The van der Waals surface area contributed by atoms with Crippen LogP contribution in [0, 0.1) is 6.92 Å². The molecule has 1 saturated carbocycles. The Morgan fingerprint density at radius 2 is 2.13 bits per heavy atom. The minimum absolute atomic E-state index is 0.486. The molecule has 0 N–H and O–H groups in total. The molecule has 0 spiro atoms. The fourth-order valence-corrected chi connectivity index (χ4v) is 3.09. The number of aryl methyl sites for hydroxylation is 1. The third-order valence-corrected chi connectivity index (χ3v) is 4.60. The van der Waals surface area contributed by atoms with Crippen LogP contribution in [-0.4, -0.2) is 56.3 Å². The van der Waals surface area contributed by atoms with Crippen LogP contribution in [0.25, 0.3) is 0 Å². The predicted molar refractivity (Wildman–Crippen MR) is 80.5 cm³/mol. The van der Waals surface area contributed by atoms with Gasteiger partial charge in [0.25, 0.3) is 0 Å². The highest BCUT2D eigenvalue weighted by atomic mass is 16.5. The normalized spacial score (nSPS) is 22.3. The van der Waals surface area contributed by atoms with Crippen molar-refractivity contribution >= 4 is 0 Å². The van der Waals surface area contributed by atoms with Gasteiger partial charge in [-0.25, -0.2) is 0 Å². The molecule has 124 valence electrons. The Bertz CT molecular complexity index is 664. The summed E-state index contributed by atoms with van der Waals surface area (Å²) in [6, 6.07) is 0.486. The monoisotopic (exact) mass is 318 g/mol. The summed E-state index contributed by atoms with van der Waals surface area (Å²) in [6.07, 6.45) is 3.50. The summed E-state index contributed by atoms with van der Waals surface area (Å²) < 4.78 is 10.8. The molecule has 1 aliphatic heterocycles. The molecule has 0 radical (unpaired) electrons. The van der Waals surface area contributed by atoms with Crippen molar-refractivity contribution in [3.63, 3.8) is 0 Å². The molecule has 0 unspecified atom stereocenters. The number of likely N-dealkylation sites (tertiary alicyclic amines) is 1. The largest absolute Gasteiger partial charge is 0.424 e. The van der Waals surface area contributed by atoms with Crippen molar-refractivity contribution in [2.75, 3.05) is 20.1 Å². The molecule has 0 bridgehead atoms. The highest BCUT2D eigenvalue weighted by molar-refractivity contribution is 5.00. The summed E-state index contributed by atoms with van der Waals surface area (Å²) >= 11 is 0. The van der Waals surface area contributed by atoms with E-state index in [1.165, 1.54) is 12.8 Å². The maximum atomic E-state index is 5.75. The van der Waals surface area contributed by atoms with Gasteiger partial charge < -0.3 is 8.94 Å². The van der Waals surface area contributed by atoms with Gasteiger partial charge in [-0.05, 0) is 26.3 Å². The molecule has 0 amide bonds. The lowest BCUT2D eigenvalue weighted by molar-refractivity contribution is 0.209. The van der Waals surface area contributed by atoms with E-state index in [2.05, 4.69) is 37.2 Å². The van der Waals surface area contributed by atoms with Crippen LogP contribution in [0.5, 0.6) is 0 Å². The van der Waals surface area contributed by atoms with Gasteiger partial charge in [-0.3, -0.25) is 9.80 Å². The average molecular weight is 318 g/mol. The summed E-state index contributed by atoms with van der Waals surface area (Å²) in [7, 11) is 2.11. The van der Waals surface area contributed by atoms with Crippen molar-refractivity contribution in [3.8, 4) is 0 Å². The first kappa shape index (κ1) is 14.8. The summed E-state index contributed by atoms with van der Waals surface area (Å²) in [5, 5.41) is 12.3. The third kappa shape index (κ3) is 3.42. The molecule has 0 aromatic carbocycles. The number of aromatic nitrogens is 4. The number of nitrogens with zero attached hydrogens (tertiary/aromatic N) is 6. The van der Waals surface area contributed by atoms with Crippen molar-refractivity contribution in [2.24, 2.45) is 0 Å². The molecule has 2 aliphatic rings. The quantitative estimate of drug-likeness (QED) is 0.789. The molecule has 1 aliphatic carbocycles. The fraction of sp³-hybridized carbons (Fsp3) is 0.733. The van der Waals surface area contributed by atoms with Crippen LogP contribution in [0.2, 0.25) is 0 Å². The standard InChI is InChI=1S/C15H22N6O2/c1-10-16-13(19-23-10)8-20(2)12-5-6-21(7-12)9-14-17-18-15(22-14)11-3-4-11/h11-12H,3-9H2,1-2H3/t12-/m0/s1. The zero-order valence-electron chi connectivity index (χ0n) is 13.6. The molecule has 8 heteroatoms. The van der Waals surface area contributed by atoms with E-state index >= 15 is 0 Å². The van der Waals surface area contributed by atoms with E-state index in [9.17, 15) is 0 Å². The van der Waals surface area contributed by atoms with E-state index < -0.39 is 0 Å². The van der Waals surface area contributed by atoms with Gasteiger partial charge in [-0.2, -0.15) is 4.98 Å². The van der Waals surface area contributed by atoms with Crippen molar-refractivity contribution < 1.29 is 8.94 Å². The minimum Gasteiger partial charge on any atom is -0.424 e. The minimum atomic E-state index is 0.486. The van der Waals surface area contributed by atoms with Gasteiger partial charge in [0.05, 0.1) is 13.1 Å². The number of hydrogen-bond donors (Lipinski definition) is 0. The Morgan fingerprint density at radius 3 is 2.87 bits per heavy atom. The van der Waals surface area contributed by atoms with Crippen molar-refractivity contribution in [2.45, 2.75) is 51.2 Å². The maximum Gasteiger partial charge on any atom is 0.230 e. The second kappa shape index (κ2) is 6.01. The van der Waals surface area contributed by atoms with Crippen LogP contribution in [0.3, 0.4) is 0 Å². The van der Waals surface area contributed by atoms with Crippen LogP contribution >= 0.6 is 0 Å². The van der Waals surface area contributed by atoms with E-state index in [4.69, 9.17) is 8.94 Å². The zero-order valence-corrected chi connectivity index (χ0v) is 13.6. The first-order valence-electron chi connectivity index (χ1n) is 8.21. The Morgan fingerprint density at radius 1 is 1.26 bits per heavy atom. The van der Waals surface area contributed by atoms with Crippen molar-refractivity contribution in [1.82, 2.24) is 30.1 Å². The second-order valence-electron chi connectivity index (χ2n) is 6.63. The van der Waals surface area contributed by atoms with Crippen molar-refractivity contribution in [1.29, 1.82) is 0 Å². The molecule has 1 saturated heterocycles. The van der Waals surface area contributed by atoms with Crippen LogP contribution in [0.1, 0.15) is 48.7 Å². The van der Waals surface area contributed by atoms with E-state index in [0.717, 1.165) is 43.7 Å². The average Bonchev–Trinajstić information content (AvgIpc) is 2.93. The Hall–Kier alpha value is -1.80. The lowest BCUT2D eigenvalue weighted by atomic mass is 10.2. The molecule has 4 rings (SSSR count). The van der Waals surface area contributed by atoms with Gasteiger partial charge in [0.1, 0.15) is 0 Å². The van der Waals surface area contributed by atoms with Gasteiger partial charge >= 0.3 is 0 Å². The Kier molecular flexibility index (Phi) is 3.86. The molecule has 8 nitrogen and oxygen atoms in total. The third-order valence-electron chi connectivity index (χ3n) is 4.60. The van der Waals surface area contributed by atoms with Gasteiger partial charge in [-0.1, -0.05) is 5.16 Å². The van der Waals surface area contributed by atoms with Crippen LogP contribution in [0.4, 0.5) is 0 Å². The first-order chi connectivity index (χ1) is 11.2. The molecule has 3 heterocycles. The van der Waals surface area contributed by atoms with Crippen LogP contribution in [-0.2, 0) is 13.1 Å². The summed E-state index contributed by atoms with van der Waals surface area (Å²) in [5.41, 5.74) is 0. The molecular formula is C15H22N6O2. The predicted octanol–water partition coefficient (Wildman–Crippen LogP) is 1.34. The number of hydrogen-bond acceptors (Lipinski definition) is 8. The lowest BCUT2D eigenvalue weighted by Gasteiger charge is -2.22.